The number of sulfone groups is 1. The predicted molar refractivity (Wildman–Crippen MR) is 88.0 cm³/mol. The highest BCUT2D eigenvalue weighted by Gasteiger charge is 2.31. The number of H-pyrrole nitrogens is 1. The fraction of sp³-hybridized carbons (Fsp3) is 0.438. The third-order valence-corrected chi connectivity index (χ3v) is 6.50. The number of hydrogen-bond donors (Lipinski definition) is 2. The maximum Gasteiger partial charge on any atom is 0.317 e. The second-order valence-corrected chi connectivity index (χ2v) is 8.58. The minimum Gasteiger partial charge on any atom is -0.358 e. The molecule has 2 N–H and O–H groups in total. The number of amides is 2. The van der Waals surface area contributed by atoms with Crippen molar-refractivity contribution in [3.05, 3.63) is 35.5 Å². The Hall–Kier alpha value is -2.02. The fourth-order valence-electron chi connectivity index (χ4n) is 3.51. The zero-order valence-corrected chi connectivity index (χ0v) is 13.5. The number of rotatable bonds is 1. The lowest BCUT2D eigenvalue weighted by Gasteiger charge is -2.28. The molecular formula is C16H19N3O3S. The first-order valence-electron chi connectivity index (χ1n) is 7.86. The fourth-order valence-corrected chi connectivity index (χ4v) is 5.19. The Morgan fingerprint density at radius 3 is 2.91 bits per heavy atom. The van der Waals surface area contributed by atoms with E-state index in [0.717, 1.165) is 17.3 Å². The number of carbonyl (C=O) groups is 1. The number of carbonyl (C=O) groups excluding carboxylic acids is 1. The first-order chi connectivity index (χ1) is 11.0. The summed E-state index contributed by atoms with van der Waals surface area (Å²) in [5, 5.41) is 4.03. The van der Waals surface area contributed by atoms with Crippen molar-refractivity contribution in [1.82, 2.24) is 15.2 Å². The normalized spacial score (nSPS) is 23.0. The molecule has 0 unspecified atom stereocenters. The zero-order valence-electron chi connectivity index (χ0n) is 12.7. The van der Waals surface area contributed by atoms with Crippen LogP contribution in [0.2, 0.25) is 0 Å². The van der Waals surface area contributed by atoms with Crippen molar-refractivity contribution in [3.63, 3.8) is 0 Å². The minimum atomic E-state index is -2.98. The van der Waals surface area contributed by atoms with Crippen molar-refractivity contribution < 1.29 is 13.2 Å². The number of aromatic nitrogens is 1. The van der Waals surface area contributed by atoms with E-state index >= 15 is 0 Å². The van der Waals surface area contributed by atoms with Gasteiger partial charge in [-0.05, 0) is 12.5 Å². The molecule has 3 heterocycles. The Morgan fingerprint density at radius 1 is 1.30 bits per heavy atom. The molecule has 1 saturated heterocycles. The van der Waals surface area contributed by atoms with E-state index in [0.29, 0.717) is 19.5 Å². The van der Waals surface area contributed by atoms with Gasteiger partial charge in [0, 0.05) is 47.7 Å². The Balaban J connectivity index is 1.50. The number of nitrogens with one attached hydrogen (secondary N) is 2. The van der Waals surface area contributed by atoms with Crippen molar-refractivity contribution in [2.45, 2.75) is 25.4 Å². The summed E-state index contributed by atoms with van der Waals surface area (Å²) in [5.74, 6) is 0.232. The molecule has 1 aromatic heterocycles. The van der Waals surface area contributed by atoms with Crippen LogP contribution in [0.3, 0.4) is 0 Å². The Bertz CT molecular complexity index is 872. The molecule has 2 aliphatic rings. The Morgan fingerprint density at radius 2 is 2.13 bits per heavy atom. The number of para-hydroxylation sites is 1. The van der Waals surface area contributed by atoms with Crippen LogP contribution in [0.25, 0.3) is 10.9 Å². The van der Waals surface area contributed by atoms with Gasteiger partial charge in [0.15, 0.2) is 9.84 Å². The summed E-state index contributed by atoms with van der Waals surface area (Å²) in [6.07, 6.45) is 1.31. The molecule has 23 heavy (non-hydrogen) atoms. The van der Waals surface area contributed by atoms with Gasteiger partial charge in [-0.3, -0.25) is 0 Å². The van der Waals surface area contributed by atoms with Gasteiger partial charge in [-0.25, -0.2) is 13.2 Å². The van der Waals surface area contributed by atoms with Gasteiger partial charge in [0.05, 0.1) is 11.5 Å². The molecule has 1 atom stereocenters. The van der Waals surface area contributed by atoms with E-state index in [4.69, 9.17) is 0 Å². The van der Waals surface area contributed by atoms with Gasteiger partial charge in [-0.2, -0.15) is 0 Å². The second kappa shape index (κ2) is 5.26. The van der Waals surface area contributed by atoms with Crippen molar-refractivity contribution >= 4 is 26.8 Å². The van der Waals surface area contributed by atoms with E-state index in [1.54, 1.807) is 4.90 Å². The molecule has 7 heteroatoms. The predicted octanol–water partition coefficient (Wildman–Crippen LogP) is 1.42. The molecule has 0 bridgehead atoms. The van der Waals surface area contributed by atoms with Gasteiger partial charge in [-0.15, -0.1) is 0 Å². The van der Waals surface area contributed by atoms with Gasteiger partial charge in [0.2, 0.25) is 0 Å². The third kappa shape index (κ3) is 2.69. The number of urea groups is 1. The second-order valence-electron chi connectivity index (χ2n) is 6.35. The molecule has 4 rings (SSSR count). The van der Waals surface area contributed by atoms with E-state index in [-0.39, 0.29) is 23.6 Å². The SMILES string of the molecule is O=C(N[C@@H]1CCS(=O)(=O)C1)N1CCc2[nH]c3ccccc3c2C1. The van der Waals surface area contributed by atoms with Gasteiger partial charge in [0.25, 0.3) is 0 Å². The Kier molecular flexibility index (Phi) is 3.33. The molecule has 6 nitrogen and oxygen atoms in total. The lowest BCUT2D eigenvalue weighted by molar-refractivity contribution is 0.189. The van der Waals surface area contributed by atoms with Crippen LogP contribution in [0.1, 0.15) is 17.7 Å². The highest BCUT2D eigenvalue weighted by Crippen LogP contribution is 2.27. The quantitative estimate of drug-likeness (QED) is 0.828. The van der Waals surface area contributed by atoms with E-state index in [2.05, 4.69) is 16.4 Å². The average molecular weight is 333 g/mol. The number of nitrogens with zero attached hydrogens (tertiary/aromatic N) is 1. The van der Waals surface area contributed by atoms with Crippen molar-refractivity contribution in [3.8, 4) is 0 Å². The summed E-state index contributed by atoms with van der Waals surface area (Å²) in [5.41, 5.74) is 3.46. The number of benzene rings is 1. The van der Waals surface area contributed by atoms with Crippen LogP contribution in [0.15, 0.2) is 24.3 Å². The van der Waals surface area contributed by atoms with Crippen molar-refractivity contribution in [2.75, 3.05) is 18.1 Å². The summed E-state index contributed by atoms with van der Waals surface area (Å²) < 4.78 is 23.0. The smallest absolute Gasteiger partial charge is 0.317 e. The summed E-state index contributed by atoms with van der Waals surface area (Å²) in [6.45, 7) is 1.20. The third-order valence-electron chi connectivity index (χ3n) is 4.73. The molecule has 1 fully saturated rings. The highest BCUT2D eigenvalue weighted by atomic mass is 32.2. The largest absolute Gasteiger partial charge is 0.358 e. The summed E-state index contributed by atoms with van der Waals surface area (Å²) >= 11 is 0. The lowest BCUT2D eigenvalue weighted by atomic mass is 10.0. The van der Waals surface area contributed by atoms with E-state index in [1.807, 2.05) is 18.2 Å². The van der Waals surface area contributed by atoms with Crippen LogP contribution in [0.5, 0.6) is 0 Å². The molecule has 0 aliphatic carbocycles. The van der Waals surface area contributed by atoms with Crippen molar-refractivity contribution in [2.24, 2.45) is 0 Å². The summed E-state index contributed by atoms with van der Waals surface area (Å²) in [4.78, 5) is 17.6. The highest BCUT2D eigenvalue weighted by molar-refractivity contribution is 7.91. The van der Waals surface area contributed by atoms with Crippen molar-refractivity contribution in [1.29, 1.82) is 0 Å². The molecule has 2 aliphatic heterocycles. The van der Waals surface area contributed by atoms with Crippen LogP contribution < -0.4 is 5.32 Å². The molecule has 0 spiro atoms. The maximum atomic E-state index is 12.4. The number of hydrogen-bond acceptors (Lipinski definition) is 3. The molecule has 122 valence electrons. The summed E-state index contributed by atoms with van der Waals surface area (Å²) in [6, 6.07) is 7.69. The van der Waals surface area contributed by atoms with Gasteiger partial charge in [-0.1, -0.05) is 18.2 Å². The van der Waals surface area contributed by atoms with Crippen LogP contribution >= 0.6 is 0 Å². The van der Waals surface area contributed by atoms with Gasteiger partial charge < -0.3 is 15.2 Å². The van der Waals surface area contributed by atoms with Crippen LogP contribution in [0.4, 0.5) is 4.79 Å². The van der Waals surface area contributed by atoms with E-state index < -0.39 is 9.84 Å². The molecule has 2 aromatic rings. The lowest BCUT2D eigenvalue weighted by Crippen LogP contribution is -2.47. The van der Waals surface area contributed by atoms with E-state index in [9.17, 15) is 13.2 Å². The van der Waals surface area contributed by atoms with Crippen LogP contribution in [-0.2, 0) is 22.8 Å². The van der Waals surface area contributed by atoms with Gasteiger partial charge >= 0.3 is 6.03 Å². The molecule has 0 radical (unpaired) electrons. The molecular weight excluding hydrogens is 314 g/mol. The monoisotopic (exact) mass is 333 g/mol. The zero-order chi connectivity index (χ0) is 16.0. The number of fused-ring (bicyclic) bond motifs is 3. The molecule has 1 aromatic carbocycles. The first kappa shape index (κ1) is 14.6. The van der Waals surface area contributed by atoms with Crippen LogP contribution in [0, 0.1) is 0 Å². The molecule has 2 amide bonds. The van der Waals surface area contributed by atoms with E-state index in [1.165, 1.54) is 11.3 Å². The first-order valence-corrected chi connectivity index (χ1v) is 9.68. The van der Waals surface area contributed by atoms with Gasteiger partial charge in [0.1, 0.15) is 0 Å². The maximum absolute atomic E-state index is 12.4. The topological polar surface area (TPSA) is 82.3 Å². The van der Waals surface area contributed by atoms with Crippen LogP contribution in [-0.4, -0.2) is 48.4 Å². The number of aromatic amines is 1. The Labute approximate surface area is 134 Å². The standard InChI is InChI=1S/C16H19N3O3S/c20-16(17-11-6-8-23(21,22)10-11)19-7-5-15-13(9-19)12-3-1-2-4-14(12)18-15/h1-4,11,18H,5-10H2,(H,17,20)/t11-/m1/s1. The average Bonchev–Trinajstić information content (AvgIpc) is 3.06. The molecule has 0 saturated carbocycles. The summed E-state index contributed by atoms with van der Waals surface area (Å²) in [7, 11) is -2.98. The minimum absolute atomic E-state index is 0.0604.